The molecule has 0 heterocycles. The van der Waals surface area contributed by atoms with E-state index in [0.717, 1.165) is 13.1 Å². The second-order valence-electron chi connectivity index (χ2n) is 7.17. The van der Waals surface area contributed by atoms with E-state index < -0.39 is 10.0 Å². The molecular formula is C19H36IN5O2S. The van der Waals surface area contributed by atoms with Crippen LogP contribution in [-0.4, -0.2) is 69.9 Å². The van der Waals surface area contributed by atoms with Crippen LogP contribution in [0.4, 0.5) is 0 Å². The highest BCUT2D eigenvalue weighted by atomic mass is 127. The maximum Gasteiger partial charge on any atom is 0.242 e. The van der Waals surface area contributed by atoms with Crippen molar-refractivity contribution in [2.45, 2.75) is 51.2 Å². The van der Waals surface area contributed by atoms with Crippen molar-refractivity contribution in [2.24, 2.45) is 4.99 Å². The molecular weight excluding hydrogens is 489 g/mol. The van der Waals surface area contributed by atoms with E-state index in [1.54, 1.807) is 19.2 Å². The van der Waals surface area contributed by atoms with Crippen molar-refractivity contribution >= 4 is 40.0 Å². The SMILES string of the molecule is CN=C(NCCN(C(C)C)C(C)C)NCc1ccccc1S(=O)(=O)N(C)C.I. The van der Waals surface area contributed by atoms with Gasteiger partial charge in [0.1, 0.15) is 0 Å². The van der Waals surface area contributed by atoms with Gasteiger partial charge in [-0.05, 0) is 39.3 Å². The van der Waals surface area contributed by atoms with Crippen molar-refractivity contribution in [3.8, 4) is 0 Å². The Morgan fingerprint density at radius 2 is 1.64 bits per heavy atom. The number of hydrogen-bond acceptors (Lipinski definition) is 4. The van der Waals surface area contributed by atoms with Gasteiger partial charge >= 0.3 is 0 Å². The summed E-state index contributed by atoms with van der Waals surface area (Å²) in [6, 6.07) is 7.97. The van der Waals surface area contributed by atoms with Crippen molar-refractivity contribution in [1.82, 2.24) is 19.8 Å². The minimum absolute atomic E-state index is 0. The zero-order valence-electron chi connectivity index (χ0n) is 18.1. The third-order valence-electron chi connectivity index (χ3n) is 4.39. The summed E-state index contributed by atoms with van der Waals surface area (Å²) in [4.78, 5) is 6.94. The molecule has 0 fully saturated rings. The molecule has 162 valence electrons. The first-order chi connectivity index (χ1) is 12.6. The minimum Gasteiger partial charge on any atom is -0.355 e. The van der Waals surface area contributed by atoms with Crippen molar-refractivity contribution < 1.29 is 8.42 Å². The van der Waals surface area contributed by atoms with Gasteiger partial charge in [-0.15, -0.1) is 24.0 Å². The van der Waals surface area contributed by atoms with Gasteiger partial charge in [-0.2, -0.15) is 0 Å². The number of sulfonamides is 1. The molecule has 7 nitrogen and oxygen atoms in total. The smallest absolute Gasteiger partial charge is 0.242 e. The standard InChI is InChI=1S/C19H35N5O2S.HI/c1-15(2)24(16(3)4)13-12-21-19(20-5)22-14-17-10-8-9-11-18(17)27(25,26)23(6)7;/h8-11,15-16H,12-14H2,1-7H3,(H2,20,21,22);1H. The second kappa shape index (κ2) is 12.6. The average Bonchev–Trinajstić information content (AvgIpc) is 2.60. The Morgan fingerprint density at radius 1 is 1.07 bits per heavy atom. The summed E-state index contributed by atoms with van der Waals surface area (Å²) in [5.74, 6) is 0.652. The van der Waals surface area contributed by atoms with Crippen LogP contribution in [-0.2, 0) is 16.6 Å². The molecule has 0 aromatic heterocycles. The van der Waals surface area contributed by atoms with Gasteiger partial charge in [-0.1, -0.05) is 18.2 Å². The summed E-state index contributed by atoms with van der Waals surface area (Å²) >= 11 is 0. The van der Waals surface area contributed by atoms with E-state index in [1.165, 1.54) is 18.4 Å². The van der Waals surface area contributed by atoms with Crippen molar-refractivity contribution in [3.63, 3.8) is 0 Å². The van der Waals surface area contributed by atoms with Crippen LogP contribution in [0, 0.1) is 0 Å². The van der Waals surface area contributed by atoms with E-state index in [-0.39, 0.29) is 24.0 Å². The molecule has 0 spiro atoms. The Morgan fingerprint density at radius 3 is 2.14 bits per heavy atom. The Bertz CT molecular complexity index is 713. The number of benzene rings is 1. The van der Waals surface area contributed by atoms with Gasteiger partial charge in [0.05, 0.1) is 4.90 Å². The number of rotatable bonds is 9. The molecule has 0 saturated carbocycles. The van der Waals surface area contributed by atoms with E-state index in [9.17, 15) is 8.42 Å². The molecule has 0 bridgehead atoms. The summed E-state index contributed by atoms with van der Waals surface area (Å²) < 4.78 is 26.2. The minimum atomic E-state index is -3.48. The molecule has 0 unspecified atom stereocenters. The summed E-state index contributed by atoms with van der Waals surface area (Å²) in [7, 11) is 1.30. The highest BCUT2D eigenvalue weighted by Gasteiger charge is 2.20. The first kappa shape index (κ1) is 27.1. The Balaban J connectivity index is 0.00000729. The highest BCUT2D eigenvalue weighted by molar-refractivity contribution is 14.0. The van der Waals surface area contributed by atoms with Crippen LogP contribution in [0.15, 0.2) is 34.2 Å². The molecule has 1 rings (SSSR count). The molecule has 0 radical (unpaired) electrons. The fourth-order valence-corrected chi connectivity index (χ4v) is 4.03. The Hall–Kier alpha value is -0.910. The number of nitrogens with zero attached hydrogens (tertiary/aromatic N) is 3. The van der Waals surface area contributed by atoms with Crippen LogP contribution in [0.1, 0.15) is 33.3 Å². The lowest BCUT2D eigenvalue weighted by Gasteiger charge is -2.30. The van der Waals surface area contributed by atoms with E-state index in [2.05, 4.69) is 48.2 Å². The van der Waals surface area contributed by atoms with E-state index in [1.807, 2.05) is 12.1 Å². The number of hydrogen-bond donors (Lipinski definition) is 2. The van der Waals surface area contributed by atoms with Gasteiger partial charge in [0, 0.05) is 52.9 Å². The molecule has 1 aromatic rings. The topological polar surface area (TPSA) is 77.0 Å². The van der Waals surface area contributed by atoms with E-state index >= 15 is 0 Å². The molecule has 0 aliphatic heterocycles. The summed E-state index contributed by atoms with van der Waals surface area (Å²) in [6.07, 6.45) is 0. The maximum atomic E-state index is 12.5. The summed E-state index contributed by atoms with van der Waals surface area (Å²) in [6.45, 7) is 10.8. The van der Waals surface area contributed by atoms with Crippen LogP contribution < -0.4 is 10.6 Å². The largest absolute Gasteiger partial charge is 0.355 e. The Labute approximate surface area is 188 Å². The molecule has 28 heavy (non-hydrogen) atoms. The van der Waals surface area contributed by atoms with Gasteiger partial charge in [0.25, 0.3) is 0 Å². The number of nitrogens with one attached hydrogen (secondary N) is 2. The van der Waals surface area contributed by atoms with Crippen molar-refractivity contribution in [1.29, 1.82) is 0 Å². The van der Waals surface area contributed by atoms with Crippen LogP contribution in [0.2, 0.25) is 0 Å². The predicted octanol–water partition coefficient (Wildman–Crippen LogP) is 2.34. The molecule has 0 amide bonds. The first-order valence-electron chi connectivity index (χ1n) is 9.32. The monoisotopic (exact) mass is 525 g/mol. The van der Waals surface area contributed by atoms with Crippen LogP contribution in [0.3, 0.4) is 0 Å². The zero-order valence-corrected chi connectivity index (χ0v) is 21.2. The van der Waals surface area contributed by atoms with E-state index in [4.69, 9.17) is 0 Å². The lowest BCUT2D eigenvalue weighted by Crippen LogP contribution is -2.45. The fourth-order valence-electron chi connectivity index (χ4n) is 2.91. The van der Waals surface area contributed by atoms with Gasteiger partial charge < -0.3 is 10.6 Å². The Kier molecular flexibility index (Phi) is 12.2. The lowest BCUT2D eigenvalue weighted by atomic mass is 10.2. The first-order valence-corrected chi connectivity index (χ1v) is 10.8. The quantitative estimate of drug-likeness (QED) is 0.294. The average molecular weight is 526 g/mol. The third-order valence-corrected chi connectivity index (χ3v) is 6.31. The summed E-state index contributed by atoms with van der Waals surface area (Å²) in [5, 5.41) is 6.50. The van der Waals surface area contributed by atoms with Gasteiger partial charge in [0.15, 0.2) is 5.96 Å². The molecule has 0 aliphatic carbocycles. The number of guanidine groups is 1. The molecule has 0 saturated heterocycles. The number of halogens is 1. The van der Waals surface area contributed by atoms with E-state index in [0.29, 0.717) is 35.0 Å². The summed E-state index contributed by atoms with van der Waals surface area (Å²) in [5.41, 5.74) is 0.708. The van der Waals surface area contributed by atoms with Crippen LogP contribution in [0.25, 0.3) is 0 Å². The van der Waals surface area contributed by atoms with Crippen LogP contribution in [0.5, 0.6) is 0 Å². The predicted molar refractivity (Wildman–Crippen MR) is 128 cm³/mol. The third kappa shape index (κ3) is 7.84. The van der Waals surface area contributed by atoms with Crippen molar-refractivity contribution in [2.75, 3.05) is 34.2 Å². The van der Waals surface area contributed by atoms with Crippen LogP contribution >= 0.6 is 24.0 Å². The lowest BCUT2D eigenvalue weighted by molar-refractivity contribution is 0.178. The molecule has 9 heteroatoms. The maximum absolute atomic E-state index is 12.5. The van der Waals surface area contributed by atoms with Gasteiger partial charge in [-0.3, -0.25) is 9.89 Å². The van der Waals surface area contributed by atoms with Gasteiger partial charge in [0.2, 0.25) is 10.0 Å². The second-order valence-corrected chi connectivity index (χ2v) is 9.29. The van der Waals surface area contributed by atoms with Gasteiger partial charge in [-0.25, -0.2) is 12.7 Å². The normalized spacial score (nSPS) is 12.6. The highest BCUT2D eigenvalue weighted by Crippen LogP contribution is 2.18. The molecule has 0 aliphatic rings. The zero-order chi connectivity index (χ0) is 20.6. The molecule has 1 aromatic carbocycles. The molecule has 2 N–H and O–H groups in total. The van der Waals surface area contributed by atoms with Crippen molar-refractivity contribution in [3.05, 3.63) is 29.8 Å². The number of aliphatic imine (C=N–C) groups is 1. The fraction of sp³-hybridized carbons (Fsp3) is 0.632. The molecule has 0 atom stereocenters.